The molecule has 0 atom stereocenters. The smallest absolute Gasteiger partial charge is 0.269 e. The molecule has 6 nitrogen and oxygen atoms in total. The highest BCUT2D eigenvalue weighted by Gasteiger charge is 2.03. The summed E-state index contributed by atoms with van der Waals surface area (Å²) in [6.07, 6.45) is 1.69. The number of hydrogen-bond donors (Lipinski definition) is 1. The van der Waals surface area contributed by atoms with Crippen LogP contribution in [0.5, 0.6) is 0 Å². The van der Waals surface area contributed by atoms with Crippen LogP contribution in [0.3, 0.4) is 0 Å². The Kier molecular flexibility index (Phi) is 4.76. The largest absolute Gasteiger partial charge is 0.273 e. The maximum atomic E-state index is 11.6. The van der Waals surface area contributed by atoms with Crippen LogP contribution in [0.1, 0.15) is 11.1 Å². The van der Waals surface area contributed by atoms with E-state index < -0.39 is 4.92 Å². The number of amides is 1. The Hall–Kier alpha value is -3.02. The fraction of sp³-hybridized carbons (Fsp3) is 0.0667. The average Bonchev–Trinajstić information content (AvgIpc) is 2.49. The van der Waals surface area contributed by atoms with Crippen molar-refractivity contribution >= 4 is 17.8 Å². The van der Waals surface area contributed by atoms with E-state index in [-0.39, 0.29) is 18.0 Å². The third kappa shape index (κ3) is 4.54. The second-order valence-corrected chi connectivity index (χ2v) is 4.30. The van der Waals surface area contributed by atoms with Gasteiger partial charge < -0.3 is 0 Å². The molecule has 0 spiro atoms. The van der Waals surface area contributed by atoms with Gasteiger partial charge in [0.05, 0.1) is 17.6 Å². The molecule has 2 aromatic rings. The molecule has 0 saturated carbocycles. The van der Waals surface area contributed by atoms with E-state index in [0.29, 0.717) is 5.56 Å². The van der Waals surface area contributed by atoms with Crippen molar-refractivity contribution in [2.75, 3.05) is 0 Å². The minimum Gasteiger partial charge on any atom is -0.273 e. The van der Waals surface area contributed by atoms with Crippen LogP contribution in [0.15, 0.2) is 59.7 Å². The zero-order valence-corrected chi connectivity index (χ0v) is 11.1. The van der Waals surface area contributed by atoms with Crippen molar-refractivity contribution in [1.82, 2.24) is 5.43 Å². The molecule has 0 aliphatic carbocycles. The molecule has 0 aliphatic rings. The quantitative estimate of drug-likeness (QED) is 0.519. The Labute approximate surface area is 121 Å². The van der Waals surface area contributed by atoms with Gasteiger partial charge >= 0.3 is 0 Å². The third-order valence-corrected chi connectivity index (χ3v) is 2.71. The molecule has 6 heteroatoms. The highest BCUT2D eigenvalue weighted by Crippen LogP contribution is 2.10. The molecule has 106 valence electrons. The van der Waals surface area contributed by atoms with E-state index in [9.17, 15) is 14.9 Å². The lowest BCUT2D eigenvalue weighted by molar-refractivity contribution is -0.384. The number of carbonyl (C=O) groups excluding carboxylic acids is 1. The SMILES string of the molecule is O=C(Cc1ccccc1)N/N=C/c1ccc([N+](=O)[O-])cc1. The predicted octanol–water partition coefficient (Wildman–Crippen LogP) is 2.29. The van der Waals surface area contributed by atoms with E-state index in [1.807, 2.05) is 30.3 Å². The van der Waals surface area contributed by atoms with Gasteiger partial charge in [-0.2, -0.15) is 5.10 Å². The Morgan fingerprint density at radius 2 is 1.81 bits per heavy atom. The van der Waals surface area contributed by atoms with Crippen molar-refractivity contribution in [1.29, 1.82) is 0 Å². The van der Waals surface area contributed by atoms with E-state index in [0.717, 1.165) is 5.56 Å². The number of benzene rings is 2. The van der Waals surface area contributed by atoms with Crippen LogP contribution in [-0.4, -0.2) is 17.0 Å². The Morgan fingerprint density at radius 1 is 1.14 bits per heavy atom. The third-order valence-electron chi connectivity index (χ3n) is 2.71. The number of nitro benzene ring substituents is 1. The van der Waals surface area contributed by atoms with Crippen molar-refractivity contribution in [2.45, 2.75) is 6.42 Å². The molecule has 0 fully saturated rings. The second-order valence-electron chi connectivity index (χ2n) is 4.30. The number of carbonyl (C=O) groups is 1. The van der Waals surface area contributed by atoms with Crippen LogP contribution < -0.4 is 5.43 Å². The first-order valence-corrected chi connectivity index (χ1v) is 6.25. The van der Waals surface area contributed by atoms with Crippen LogP contribution in [-0.2, 0) is 11.2 Å². The van der Waals surface area contributed by atoms with Crippen molar-refractivity contribution < 1.29 is 9.72 Å². The summed E-state index contributed by atoms with van der Waals surface area (Å²) < 4.78 is 0. The summed E-state index contributed by atoms with van der Waals surface area (Å²) >= 11 is 0. The first-order chi connectivity index (χ1) is 10.1. The number of hydrazone groups is 1. The molecule has 0 aliphatic heterocycles. The van der Waals surface area contributed by atoms with Gasteiger partial charge in [-0.05, 0) is 23.3 Å². The fourth-order valence-electron chi connectivity index (χ4n) is 1.68. The van der Waals surface area contributed by atoms with Gasteiger partial charge in [-0.3, -0.25) is 14.9 Å². The van der Waals surface area contributed by atoms with Crippen molar-refractivity contribution in [3.05, 3.63) is 75.8 Å². The normalized spacial score (nSPS) is 10.5. The first-order valence-electron chi connectivity index (χ1n) is 6.25. The van der Waals surface area contributed by atoms with Gasteiger partial charge in [0.1, 0.15) is 0 Å². The Balaban J connectivity index is 1.87. The van der Waals surface area contributed by atoms with Crippen LogP contribution in [0.2, 0.25) is 0 Å². The molecule has 1 N–H and O–H groups in total. The number of nitrogens with zero attached hydrogens (tertiary/aromatic N) is 2. The zero-order chi connectivity index (χ0) is 15.1. The standard InChI is InChI=1S/C15H13N3O3/c19-15(10-12-4-2-1-3-5-12)17-16-11-13-6-8-14(9-7-13)18(20)21/h1-9,11H,10H2,(H,17,19)/b16-11+. The van der Waals surface area contributed by atoms with E-state index in [1.165, 1.54) is 18.3 Å². The van der Waals surface area contributed by atoms with Gasteiger partial charge in [-0.25, -0.2) is 5.43 Å². The summed E-state index contributed by atoms with van der Waals surface area (Å²) in [6.45, 7) is 0. The van der Waals surface area contributed by atoms with Crippen LogP contribution in [0.25, 0.3) is 0 Å². The second kappa shape index (κ2) is 6.95. The maximum Gasteiger partial charge on any atom is 0.269 e. The van der Waals surface area contributed by atoms with Crippen molar-refractivity contribution in [3.8, 4) is 0 Å². The Morgan fingerprint density at radius 3 is 2.43 bits per heavy atom. The van der Waals surface area contributed by atoms with Crippen LogP contribution in [0, 0.1) is 10.1 Å². The Bertz CT molecular complexity index is 652. The summed E-state index contributed by atoms with van der Waals surface area (Å²) in [5.41, 5.74) is 4.00. The van der Waals surface area contributed by atoms with E-state index in [4.69, 9.17) is 0 Å². The molecule has 0 aromatic heterocycles. The summed E-state index contributed by atoms with van der Waals surface area (Å²) in [6, 6.07) is 15.2. The van der Waals surface area contributed by atoms with Crippen LogP contribution >= 0.6 is 0 Å². The highest BCUT2D eigenvalue weighted by molar-refractivity contribution is 5.83. The number of hydrogen-bond acceptors (Lipinski definition) is 4. The first kappa shape index (κ1) is 14.4. The van der Waals surface area contributed by atoms with Crippen molar-refractivity contribution in [2.24, 2.45) is 5.10 Å². The minimum atomic E-state index is -0.470. The summed E-state index contributed by atoms with van der Waals surface area (Å²) in [7, 11) is 0. The summed E-state index contributed by atoms with van der Waals surface area (Å²) in [4.78, 5) is 21.7. The molecule has 0 saturated heterocycles. The van der Waals surface area contributed by atoms with Gasteiger partial charge in [0.25, 0.3) is 5.69 Å². The van der Waals surface area contributed by atoms with Gasteiger partial charge in [-0.15, -0.1) is 0 Å². The number of non-ortho nitro benzene ring substituents is 1. The van der Waals surface area contributed by atoms with Crippen molar-refractivity contribution in [3.63, 3.8) is 0 Å². The van der Waals surface area contributed by atoms with Gasteiger partial charge in [-0.1, -0.05) is 30.3 Å². The zero-order valence-electron chi connectivity index (χ0n) is 11.1. The molecule has 21 heavy (non-hydrogen) atoms. The van der Waals surface area contributed by atoms with Gasteiger partial charge in [0.2, 0.25) is 5.91 Å². The minimum absolute atomic E-state index is 0.0141. The molecule has 0 radical (unpaired) electrons. The molecule has 1 amide bonds. The predicted molar refractivity (Wildman–Crippen MR) is 79.0 cm³/mol. The molecule has 2 rings (SSSR count). The van der Waals surface area contributed by atoms with Gasteiger partial charge in [0.15, 0.2) is 0 Å². The average molecular weight is 283 g/mol. The lowest BCUT2D eigenvalue weighted by Crippen LogP contribution is -2.19. The van der Waals surface area contributed by atoms with E-state index in [1.54, 1.807) is 12.1 Å². The lowest BCUT2D eigenvalue weighted by atomic mass is 10.1. The monoisotopic (exact) mass is 283 g/mol. The summed E-state index contributed by atoms with van der Waals surface area (Å²) in [5.74, 6) is -0.223. The van der Waals surface area contributed by atoms with E-state index in [2.05, 4.69) is 10.5 Å². The maximum absolute atomic E-state index is 11.6. The molecular formula is C15H13N3O3. The number of nitro groups is 1. The molecule has 0 heterocycles. The molecule has 2 aromatic carbocycles. The summed E-state index contributed by atoms with van der Waals surface area (Å²) in [5, 5.41) is 14.3. The van der Waals surface area contributed by atoms with Crippen LogP contribution in [0.4, 0.5) is 5.69 Å². The molecule has 0 bridgehead atoms. The lowest BCUT2D eigenvalue weighted by Gasteiger charge is -1.99. The number of nitrogens with one attached hydrogen (secondary N) is 1. The molecular weight excluding hydrogens is 270 g/mol. The fourth-order valence-corrected chi connectivity index (χ4v) is 1.68. The van der Waals surface area contributed by atoms with E-state index >= 15 is 0 Å². The highest BCUT2D eigenvalue weighted by atomic mass is 16.6. The number of rotatable bonds is 5. The topological polar surface area (TPSA) is 84.6 Å². The molecule has 0 unspecified atom stereocenters. The van der Waals surface area contributed by atoms with Gasteiger partial charge in [0, 0.05) is 12.1 Å².